The van der Waals surface area contributed by atoms with Crippen LogP contribution in [0.2, 0.25) is 0 Å². The number of aryl methyl sites for hydroxylation is 1. The second-order valence-electron chi connectivity index (χ2n) is 8.79. The van der Waals surface area contributed by atoms with Gasteiger partial charge in [0.25, 0.3) is 0 Å². The van der Waals surface area contributed by atoms with Gasteiger partial charge in [-0.05, 0) is 95.3 Å². The van der Waals surface area contributed by atoms with Crippen LogP contribution in [0.15, 0.2) is 60.2 Å². The second kappa shape index (κ2) is 10.7. The van der Waals surface area contributed by atoms with Crippen molar-refractivity contribution in [1.29, 1.82) is 0 Å². The first kappa shape index (κ1) is 25.7. The zero-order chi connectivity index (χ0) is 26.7. The Bertz CT molecular complexity index is 1430. The fourth-order valence-electron chi connectivity index (χ4n) is 4.46. The molecule has 1 N–H and O–H groups in total. The number of allylic oxidation sites excluding steroid dienone is 2. The molecule has 1 aliphatic rings. The minimum Gasteiger partial charge on any atom is -0.493 e. The van der Waals surface area contributed by atoms with E-state index in [1.165, 1.54) is 33.3 Å². The lowest BCUT2D eigenvalue weighted by Gasteiger charge is -2.14. The SMILES string of the molecule is COc1cc(/C=C2/C(C)=C(CC(=O)Nc3cccc(C)c3)c3cc(F)ccc32)cc(OC)c1OC(C)=O. The summed E-state index contributed by atoms with van der Waals surface area (Å²) in [4.78, 5) is 24.5. The summed E-state index contributed by atoms with van der Waals surface area (Å²) >= 11 is 0. The van der Waals surface area contributed by atoms with Gasteiger partial charge in [0.15, 0.2) is 11.5 Å². The van der Waals surface area contributed by atoms with E-state index in [9.17, 15) is 14.0 Å². The number of rotatable bonds is 7. The molecule has 7 heteroatoms. The predicted octanol–water partition coefficient (Wildman–Crippen LogP) is 6.43. The fraction of sp³-hybridized carbons (Fsp3) is 0.200. The van der Waals surface area contributed by atoms with Gasteiger partial charge < -0.3 is 19.5 Å². The summed E-state index contributed by atoms with van der Waals surface area (Å²) < 4.78 is 30.4. The number of hydrogen-bond donors (Lipinski definition) is 1. The highest BCUT2D eigenvalue weighted by Crippen LogP contribution is 2.45. The van der Waals surface area contributed by atoms with Crippen LogP contribution in [-0.4, -0.2) is 26.1 Å². The Balaban J connectivity index is 1.75. The van der Waals surface area contributed by atoms with Gasteiger partial charge in [0, 0.05) is 12.6 Å². The number of carbonyl (C=O) groups excluding carboxylic acids is 2. The molecule has 0 aliphatic heterocycles. The molecule has 0 unspecified atom stereocenters. The third kappa shape index (κ3) is 5.56. The van der Waals surface area contributed by atoms with Crippen LogP contribution in [0.4, 0.5) is 10.1 Å². The molecule has 0 saturated carbocycles. The predicted molar refractivity (Wildman–Crippen MR) is 142 cm³/mol. The van der Waals surface area contributed by atoms with E-state index in [1.54, 1.807) is 18.2 Å². The lowest BCUT2D eigenvalue weighted by atomic mass is 10.00. The molecule has 3 aromatic rings. The fourth-order valence-corrected chi connectivity index (χ4v) is 4.46. The van der Waals surface area contributed by atoms with E-state index < -0.39 is 5.97 Å². The molecule has 37 heavy (non-hydrogen) atoms. The minimum atomic E-state index is -0.498. The van der Waals surface area contributed by atoms with E-state index in [1.807, 2.05) is 44.2 Å². The molecule has 4 rings (SSSR count). The Hall–Kier alpha value is -4.39. The Morgan fingerprint density at radius 3 is 2.27 bits per heavy atom. The molecule has 3 aromatic carbocycles. The van der Waals surface area contributed by atoms with E-state index in [2.05, 4.69) is 5.32 Å². The first-order valence-electron chi connectivity index (χ1n) is 11.7. The van der Waals surface area contributed by atoms with Crippen molar-refractivity contribution in [2.75, 3.05) is 19.5 Å². The number of hydrogen-bond acceptors (Lipinski definition) is 5. The molecule has 0 heterocycles. The molecule has 0 aromatic heterocycles. The molecular weight excluding hydrogens is 473 g/mol. The molecule has 1 amide bonds. The third-order valence-corrected chi connectivity index (χ3v) is 6.13. The Labute approximate surface area is 215 Å². The van der Waals surface area contributed by atoms with Crippen molar-refractivity contribution in [2.24, 2.45) is 0 Å². The Morgan fingerprint density at radius 2 is 1.65 bits per heavy atom. The molecule has 0 bridgehead atoms. The van der Waals surface area contributed by atoms with Crippen molar-refractivity contribution in [3.05, 3.63) is 88.2 Å². The minimum absolute atomic E-state index is 0.0889. The van der Waals surface area contributed by atoms with Crippen LogP contribution >= 0.6 is 0 Å². The van der Waals surface area contributed by atoms with Crippen molar-refractivity contribution in [2.45, 2.75) is 27.2 Å². The number of carbonyl (C=O) groups is 2. The monoisotopic (exact) mass is 501 g/mol. The lowest BCUT2D eigenvalue weighted by molar-refractivity contribution is -0.132. The van der Waals surface area contributed by atoms with Gasteiger partial charge in [-0.1, -0.05) is 18.2 Å². The first-order chi connectivity index (χ1) is 17.7. The maximum Gasteiger partial charge on any atom is 0.308 e. The van der Waals surface area contributed by atoms with E-state index in [0.29, 0.717) is 22.7 Å². The largest absolute Gasteiger partial charge is 0.493 e. The number of anilines is 1. The highest BCUT2D eigenvalue weighted by atomic mass is 19.1. The van der Waals surface area contributed by atoms with Gasteiger partial charge in [0.05, 0.1) is 20.6 Å². The van der Waals surface area contributed by atoms with Gasteiger partial charge in [-0.15, -0.1) is 0 Å². The van der Waals surface area contributed by atoms with Crippen LogP contribution in [0, 0.1) is 12.7 Å². The Morgan fingerprint density at radius 1 is 0.946 bits per heavy atom. The second-order valence-corrected chi connectivity index (χ2v) is 8.79. The van der Waals surface area contributed by atoms with Gasteiger partial charge in [-0.3, -0.25) is 9.59 Å². The number of fused-ring (bicyclic) bond motifs is 1. The molecule has 1 aliphatic carbocycles. The molecule has 0 spiro atoms. The summed E-state index contributed by atoms with van der Waals surface area (Å²) in [7, 11) is 2.95. The van der Waals surface area contributed by atoms with Gasteiger partial charge in [0.2, 0.25) is 11.7 Å². The summed E-state index contributed by atoms with van der Waals surface area (Å²) in [6.07, 6.45) is 2.01. The Kier molecular flexibility index (Phi) is 7.43. The standard InChI is InChI=1S/C30H28FNO5/c1-17-7-6-8-22(11-17)32-29(34)16-25-18(2)24(23-10-9-21(31)15-26(23)25)12-20-13-27(35-4)30(37-19(3)33)28(14-20)36-5/h6-15H,16H2,1-5H3,(H,32,34)/b24-12-. The van der Waals surface area contributed by atoms with Crippen molar-refractivity contribution in [1.82, 2.24) is 0 Å². The zero-order valence-electron chi connectivity index (χ0n) is 21.4. The van der Waals surface area contributed by atoms with E-state index in [4.69, 9.17) is 14.2 Å². The molecule has 0 atom stereocenters. The van der Waals surface area contributed by atoms with E-state index in [0.717, 1.165) is 33.4 Å². The molecule has 6 nitrogen and oxygen atoms in total. The highest BCUT2D eigenvalue weighted by Gasteiger charge is 2.26. The molecule has 0 radical (unpaired) electrons. The van der Waals surface area contributed by atoms with Crippen molar-refractivity contribution < 1.29 is 28.2 Å². The maximum absolute atomic E-state index is 14.3. The van der Waals surface area contributed by atoms with Crippen LogP contribution in [0.3, 0.4) is 0 Å². The smallest absolute Gasteiger partial charge is 0.308 e. The first-order valence-corrected chi connectivity index (χ1v) is 11.7. The van der Waals surface area contributed by atoms with Crippen molar-refractivity contribution >= 4 is 34.8 Å². The highest BCUT2D eigenvalue weighted by molar-refractivity contribution is 6.10. The van der Waals surface area contributed by atoms with Crippen molar-refractivity contribution in [3.8, 4) is 17.2 Å². The number of benzene rings is 3. The van der Waals surface area contributed by atoms with E-state index in [-0.39, 0.29) is 23.9 Å². The van der Waals surface area contributed by atoms with Crippen LogP contribution in [-0.2, 0) is 9.59 Å². The number of esters is 1. The average Bonchev–Trinajstić information content (AvgIpc) is 3.09. The summed E-state index contributed by atoms with van der Waals surface area (Å²) in [6, 6.07) is 15.6. The van der Waals surface area contributed by atoms with Crippen LogP contribution in [0.25, 0.3) is 17.2 Å². The molecule has 190 valence electrons. The number of halogens is 1. The summed E-state index contributed by atoms with van der Waals surface area (Å²) in [5.41, 5.74) is 6.43. The van der Waals surface area contributed by atoms with Gasteiger partial charge in [-0.2, -0.15) is 0 Å². The van der Waals surface area contributed by atoms with Crippen LogP contribution in [0.1, 0.15) is 42.5 Å². The molecule has 0 fully saturated rings. The average molecular weight is 502 g/mol. The number of amides is 1. The van der Waals surface area contributed by atoms with Crippen molar-refractivity contribution in [3.63, 3.8) is 0 Å². The van der Waals surface area contributed by atoms with Gasteiger partial charge in [0.1, 0.15) is 5.82 Å². The number of methoxy groups -OCH3 is 2. The number of nitrogens with one attached hydrogen (secondary N) is 1. The maximum atomic E-state index is 14.3. The van der Waals surface area contributed by atoms with Crippen LogP contribution < -0.4 is 19.5 Å². The summed E-state index contributed by atoms with van der Waals surface area (Å²) in [6.45, 7) is 5.17. The van der Waals surface area contributed by atoms with Gasteiger partial charge >= 0.3 is 5.97 Å². The molecule has 0 saturated heterocycles. The van der Waals surface area contributed by atoms with Gasteiger partial charge in [-0.25, -0.2) is 4.39 Å². The lowest BCUT2D eigenvalue weighted by Crippen LogP contribution is -2.12. The normalized spacial score (nSPS) is 13.4. The topological polar surface area (TPSA) is 73.9 Å². The summed E-state index contributed by atoms with van der Waals surface area (Å²) in [5.74, 6) is -0.212. The quantitative estimate of drug-likeness (QED) is 0.298. The van der Waals surface area contributed by atoms with Crippen LogP contribution in [0.5, 0.6) is 17.2 Å². The summed E-state index contributed by atoms with van der Waals surface area (Å²) in [5, 5.41) is 2.93. The van der Waals surface area contributed by atoms with E-state index >= 15 is 0 Å². The molecular formula is C30H28FNO5. The third-order valence-electron chi connectivity index (χ3n) is 6.13. The number of ether oxygens (including phenoxy) is 3. The zero-order valence-corrected chi connectivity index (χ0v) is 21.4.